The van der Waals surface area contributed by atoms with Crippen molar-refractivity contribution < 1.29 is 9.13 Å². The molecule has 0 spiro atoms. The summed E-state index contributed by atoms with van der Waals surface area (Å²) in [5.41, 5.74) is 7.01. The Balaban J connectivity index is 0.00000117. The third-order valence-electron chi connectivity index (χ3n) is 4.49. The maximum Gasteiger partial charge on any atom is 0.228 e. The summed E-state index contributed by atoms with van der Waals surface area (Å²) in [7, 11) is 0. The summed E-state index contributed by atoms with van der Waals surface area (Å²) in [6, 6.07) is 3.57. The molecule has 0 saturated carbocycles. The van der Waals surface area contributed by atoms with Gasteiger partial charge in [-0.2, -0.15) is 4.98 Å². The number of pyridine rings is 2. The lowest BCUT2D eigenvalue weighted by Gasteiger charge is -2.30. The van der Waals surface area contributed by atoms with Gasteiger partial charge in [0.05, 0.1) is 12.6 Å². The van der Waals surface area contributed by atoms with Crippen LogP contribution in [0.25, 0.3) is 10.9 Å². The molecule has 1 unspecified atom stereocenters. The molecule has 1 aliphatic heterocycles. The Bertz CT molecular complexity index is 1040. The van der Waals surface area contributed by atoms with Crippen LogP contribution >= 0.6 is 23.4 Å². The van der Waals surface area contributed by atoms with Gasteiger partial charge in [-0.15, -0.1) is 0 Å². The second kappa shape index (κ2) is 8.96. The van der Waals surface area contributed by atoms with E-state index in [0.29, 0.717) is 35.3 Å². The predicted molar refractivity (Wildman–Crippen MR) is 115 cm³/mol. The van der Waals surface area contributed by atoms with Crippen molar-refractivity contribution in [2.75, 3.05) is 30.0 Å². The number of nitrogens with zero attached hydrogens (tertiary/aromatic N) is 5. The van der Waals surface area contributed by atoms with Crippen LogP contribution in [0.15, 0.2) is 23.5 Å². The molecule has 10 heteroatoms. The largest absolute Gasteiger partial charge is 0.475 e. The Labute approximate surface area is 177 Å². The lowest BCUT2D eigenvalue weighted by Crippen LogP contribution is -2.31. The number of rotatable bonds is 3. The molecule has 29 heavy (non-hydrogen) atoms. The molecule has 7 nitrogen and oxygen atoms in total. The van der Waals surface area contributed by atoms with Crippen molar-refractivity contribution in [1.29, 1.82) is 0 Å². The third-order valence-corrected chi connectivity index (χ3v) is 5.28. The van der Waals surface area contributed by atoms with E-state index in [2.05, 4.69) is 19.9 Å². The number of anilines is 2. The number of hydrogen-bond donors (Lipinski definition) is 1. The van der Waals surface area contributed by atoms with Gasteiger partial charge < -0.3 is 15.4 Å². The van der Waals surface area contributed by atoms with Crippen molar-refractivity contribution in [2.24, 2.45) is 0 Å². The molecule has 0 amide bonds. The normalized spacial score (nSPS) is 13.9. The highest BCUT2D eigenvalue weighted by Gasteiger charge is 2.29. The zero-order valence-electron chi connectivity index (χ0n) is 16.6. The molecule has 1 aliphatic rings. The van der Waals surface area contributed by atoms with E-state index in [1.54, 1.807) is 6.20 Å². The molecule has 4 rings (SSSR count). The molecular formula is C19H22ClFN6OS. The monoisotopic (exact) mass is 436 g/mol. The number of thioether (sulfide) groups is 1. The van der Waals surface area contributed by atoms with Crippen molar-refractivity contribution in [3.05, 3.63) is 34.9 Å². The van der Waals surface area contributed by atoms with Crippen LogP contribution in [0.2, 0.25) is 5.15 Å². The second-order valence-corrected chi connectivity index (χ2v) is 7.11. The molecule has 4 heterocycles. The molecule has 0 radical (unpaired) electrons. The Morgan fingerprint density at radius 1 is 1.31 bits per heavy atom. The molecular weight excluding hydrogens is 415 g/mol. The van der Waals surface area contributed by atoms with E-state index in [-0.39, 0.29) is 22.6 Å². The van der Waals surface area contributed by atoms with E-state index in [0.717, 1.165) is 5.56 Å². The summed E-state index contributed by atoms with van der Waals surface area (Å²) in [6.07, 6.45) is 3.47. The van der Waals surface area contributed by atoms with Crippen LogP contribution in [0.3, 0.4) is 0 Å². The Morgan fingerprint density at radius 2 is 2.07 bits per heavy atom. The van der Waals surface area contributed by atoms with E-state index >= 15 is 0 Å². The average molecular weight is 437 g/mol. The molecule has 3 aromatic rings. The minimum atomic E-state index is -0.687. The fourth-order valence-corrected chi connectivity index (χ4v) is 3.68. The first-order valence-electron chi connectivity index (χ1n) is 9.21. The Kier molecular flexibility index (Phi) is 6.59. The Morgan fingerprint density at radius 3 is 2.76 bits per heavy atom. The van der Waals surface area contributed by atoms with Gasteiger partial charge in [0.2, 0.25) is 5.88 Å². The zero-order chi connectivity index (χ0) is 21.1. The summed E-state index contributed by atoms with van der Waals surface area (Å²) in [4.78, 5) is 19.1. The topological polar surface area (TPSA) is 90.0 Å². The maximum absolute atomic E-state index is 14.7. The first-order chi connectivity index (χ1) is 14.0. The van der Waals surface area contributed by atoms with Gasteiger partial charge in [-0.05, 0) is 19.2 Å². The van der Waals surface area contributed by atoms with Gasteiger partial charge in [0.25, 0.3) is 0 Å². The van der Waals surface area contributed by atoms with Crippen LogP contribution in [-0.2, 0) is 0 Å². The van der Waals surface area contributed by atoms with Crippen LogP contribution in [0.4, 0.5) is 16.0 Å². The van der Waals surface area contributed by atoms with Crippen molar-refractivity contribution in [1.82, 2.24) is 19.9 Å². The molecule has 0 aromatic carbocycles. The number of ether oxygens (including phenoxy) is 1. The average Bonchev–Trinajstić information content (AvgIpc) is 2.92. The maximum atomic E-state index is 14.7. The summed E-state index contributed by atoms with van der Waals surface area (Å²) in [6.45, 7) is 6.83. The standard InChI is InChI=1S/C17H16ClFN6OS.C2H6/c1-8(9-4-3-5-21-14(9)20)25-6-7-26-16-10-12(11(19)13(18)23-16)22-17(27-2)24-15(10)25;1-2/h3-5,8H,6-7H2,1-2H3,(H2,20,21);1-2H3. The van der Waals surface area contributed by atoms with Crippen LogP contribution < -0.4 is 15.4 Å². The first-order valence-corrected chi connectivity index (χ1v) is 10.8. The number of halogens is 2. The minimum Gasteiger partial charge on any atom is -0.475 e. The quantitative estimate of drug-likeness (QED) is 0.364. The van der Waals surface area contributed by atoms with Gasteiger partial charge in [-0.25, -0.2) is 19.3 Å². The summed E-state index contributed by atoms with van der Waals surface area (Å²) >= 11 is 7.26. The Hall–Kier alpha value is -2.39. The van der Waals surface area contributed by atoms with E-state index in [9.17, 15) is 4.39 Å². The molecule has 3 aromatic heterocycles. The molecule has 154 valence electrons. The van der Waals surface area contributed by atoms with Crippen LogP contribution in [0.1, 0.15) is 32.4 Å². The lowest BCUT2D eigenvalue weighted by molar-refractivity contribution is 0.316. The highest BCUT2D eigenvalue weighted by atomic mass is 35.5. The van der Waals surface area contributed by atoms with Crippen molar-refractivity contribution in [3.63, 3.8) is 0 Å². The van der Waals surface area contributed by atoms with Crippen molar-refractivity contribution in [3.8, 4) is 5.88 Å². The molecule has 1 atom stereocenters. The fraction of sp³-hybridized carbons (Fsp3) is 0.368. The first kappa shape index (κ1) is 21.3. The number of nitrogen functional groups attached to an aromatic ring is 1. The second-order valence-electron chi connectivity index (χ2n) is 5.97. The third kappa shape index (κ3) is 3.89. The van der Waals surface area contributed by atoms with Crippen molar-refractivity contribution in [2.45, 2.75) is 32.0 Å². The molecule has 0 saturated heterocycles. The number of hydrogen-bond acceptors (Lipinski definition) is 8. The summed E-state index contributed by atoms with van der Waals surface area (Å²) in [5.74, 6) is 0.517. The van der Waals surface area contributed by atoms with Gasteiger partial charge in [0.15, 0.2) is 16.1 Å². The van der Waals surface area contributed by atoms with Gasteiger partial charge in [-0.1, -0.05) is 43.3 Å². The molecule has 0 aliphatic carbocycles. The van der Waals surface area contributed by atoms with Gasteiger partial charge in [0.1, 0.15) is 29.1 Å². The SMILES string of the molecule is CC.CSc1nc2c3c(nc(Cl)c(F)c3n1)OCCN2C(C)c1cccnc1N. The fourth-order valence-electron chi connectivity index (χ4n) is 3.15. The highest BCUT2D eigenvalue weighted by molar-refractivity contribution is 7.98. The van der Waals surface area contributed by atoms with Gasteiger partial charge in [-0.3, -0.25) is 0 Å². The minimum absolute atomic E-state index is 0.0950. The van der Waals surface area contributed by atoms with E-state index in [1.807, 2.05) is 44.1 Å². The van der Waals surface area contributed by atoms with Crippen LogP contribution in [0.5, 0.6) is 5.88 Å². The van der Waals surface area contributed by atoms with Crippen LogP contribution in [0, 0.1) is 5.82 Å². The summed E-state index contributed by atoms with van der Waals surface area (Å²) < 4.78 is 20.4. The lowest BCUT2D eigenvalue weighted by atomic mass is 10.1. The number of aromatic nitrogens is 4. The number of nitrogens with two attached hydrogens (primary N) is 1. The van der Waals surface area contributed by atoms with Crippen LogP contribution in [-0.4, -0.2) is 39.3 Å². The van der Waals surface area contributed by atoms with Gasteiger partial charge >= 0.3 is 0 Å². The predicted octanol–water partition coefficient (Wildman–Crippen LogP) is 4.50. The van der Waals surface area contributed by atoms with E-state index in [4.69, 9.17) is 22.1 Å². The van der Waals surface area contributed by atoms with Crippen molar-refractivity contribution >= 4 is 45.9 Å². The smallest absolute Gasteiger partial charge is 0.228 e. The molecule has 0 fully saturated rings. The van der Waals surface area contributed by atoms with E-state index in [1.165, 1.54) is 11.8 Å². The zero-order valence-corrected chi connectivity index (χ0v) is 18.2. The van der Waals surface area contributed by atoms with Gasteiger partial charge in [0, 0.05) is 11.8 Å². The molecule has 0 bridgehead atoms. The highest BCUT2D eigenvalue weighted by Crippen LogP contribution is 2.40. The summed E-state index contributed by atoms with van der Waals surface area (Å²) in [5, 5.41) is 0.566. The van der Waals surface area contributed by atoms with E-state index < -0.39 is 5.82 Å². The molecule has 2 N–H and O–H groups in total.